The van der Waals surface area contributed by atoms with Crippen molar-refractivity contribution < 1.29 is 9.21 Å². The lowest BCUT2D eigenvalue weighted by molar-refractivity contribution is -0.122. The SMILES string of the molecule is Cc1ccc(-c2nc3ncccc3o2)cc1NC(=S)NC(=O)C(C)C. The second-order valence-electron chi connectivity index (χ2n) is 5.97. The highest BCUT2D eigenvalue weighted by molar-refractivity contribution is 7.80. The maximum atomic E-state index is 11.7. The van der Waals surface area contributed by atoms with Crippen LogP contribution in [0.15, 0.2) is 40.9 Å². The number of hydrogen-bond donors (Lipinski definition) is 2. The smallest absolute Gasteiger partial charge is 0.228 e. The zero-order valence-electron chi connectivity index (χ0n) is 14.2. The third-order valence-corrected chi connectivity index (χ3v) is 3.86. The van der Waals surface area contributed by atoms with Crippen molar-refractivity contribution in [2.75, 3.05) is 5.32 Å². The predicted molar refractivity (Wildman–Crippen MR) is 101 cm³/mol. The Morgan fingerprint density at radius 1 is 1.28 bits per heavy atom. The molecule has 0 radical (unpaired) electrons. The van der Waals surface area contributed by atoms with Gasteiger partial charge in [-0.25, -0.2) is 4.98 Å². The number of benzene rings is 1. The van der Waals surface area contributed by atoms with Gasteiger partial charge in [-0.05, 0) is 49.0 Å². The van der Waals surface area contributed by atoms with E-state index in [1.54, 1.807) is 12.3 Å². The van der Waals surface area contributed by atoms with Gasteiger partial charge in [0.25, 0.3) is 0 Å². The van der Waals surface area contributed by atoms with E-state index in [9.17, 15) is 4.79 Å². The molecule has 0 aliphatic carbocycles. The van der Waals surface area contributed by atoms with E-state index in [4.69, 9.17) is 16.6 Å². The van der Waals surface area contributed by atoms with Crippen molar-refractivity contribution in [1.82, 2.24) is 15.3 Å². The van der Waals surface area contributed by atoms with E-state index in [0.29, 0.717) is 17.1 Å². The Hall–Kier alpha value is -2.80. The van der Waals surface area contributed by atoms with Gasteiger partial charge in [0, 0.05) is 23.4 Å². The molecule has 0 bridgehead atoms. The lowest BCUT2D eigenvalue weighted by Gasteiger charge is -2.13. The fourth-order valence-electron chi connectivity index (χ4n) is 2.19. The highest BCUT2D eigenvalue weighted by Gasteiger charge is 2.13. The summed E-state index contributed by atoms with van der Waals surface area (Å²) in [5.74, 6) is 0.213. The topological polar surface area (TPSA) is 80.1 Å². The summed E-state index contributed by atoms with van der Waals surface area (Å²) >= 11 is 5.21. The second kappa shape index (κ2) is 6.98. The van der Waals surface area contributed by atoms with Crippen molar-refractivity contribution in [3.8, 4) is 11.5 Å². The molecule has 0 aliphatic rings. The molecule has 25 heavy (non-hydrogen) atoms. The predicted octanol–water partition coefficient (Wildman–Crippen LogP) is 3.67. The quantitative estimate of drug-likeness (QED) is 0.699. The first kappa shape index (κ1) is 17.0. The Morgan fingerprint density at radius 2 is 2.08 bits per heavy atom. The molecule has 1 aromatic carbocycles. The minimum Gasteiger partial charge on any atom is -0.434 e. The number of hydrogen-bond acceptors (Lipinski definition) is 5. The van der Waals surface area contributed by atoms with Crippen molar-refractivity contribution in [3.63, 3.8) is 0 Å². The minimum atomic E-state index is -0.139. The summed E-state index contributed by atoms with van der Waals surface area (Å²) in [6.07, 6.45) is 1.67. The number of oxazole rings is 1. The number of nitrogens with zero attached hydrogens (tertiary/aromatic N) is 2. The molecule has 0 fully saturated rings. The first-order chi connectivity index (χ1) is 11.9. The van der Waals surface area contributed by atoms with E-state index < -0.39 is 0 Å². The fourth-order valence-corrected chi connectivity index (χ4v) is 2.40. The van der Waals surface area contributed by atoms with Crippen molar-refractivity contribution in [1.29, 1.82) is 0 Å². The van der Waals surface area contributed by atoms with Crippen LogP contribution in [-0.2, 0) is 4.79 Å². The van der Waals surface area contributed by atoms with Gasteiger partial charge in [-0.1, -0.05) is 19.9 Å². The zero-order chi connectivity index (χ0) is 18.0. The number of nitrogens with one attached hydrogen (secondary N) is 2. The van der Waals surface area contributed by atoms with Crippen LogP contribution in [0.3, 0.4) is 0 Å². The number of carbonyl (C=O) groups is 1. The Kier molecular flexibility index (Phi) is 4.76. The van der Waals surface area contributed by atoms with E-state index in [2.05, 4.69) is 20.6 Å². The van der Waals surface area contributed by atoms with Crippen LogP contribution < -0.4 is 10.6 Å². The van der Waals surface area contributed by atoms with Gasteiger partial charge in [0.2, 0.25) is 11.8 Å². The molecule has 128 valence electrons. The molecule has 0 atom stereocenters. The molecule has 7 heteroatoms. The molecule has 0 spiro atoms. The maximum Gasteiger partial charge on any atom is 0.228 e. The highest BCUT2D eigenvalue weighted by Crippen LogP contribution is 2.27. The number of pyridine rings is 1. The zero-order valence-corrected chi connectivity index (χ0v) is 15.0. The summed E-state index contributed by atoms with van der Waals surface area (Å²) in [4.78, 5) is 20.3. The van der Waals surface area contributed by atoms with Gasteiger partial charge in [-0.15, -0.1) is 0 Å². The molecule has 0 unspecified atom stereocenters. The first-order valence-electron chi connectivity index (χ1n) is 7.88. The molecule has 1 amide bonds. The molecule has 0 saturated carbocycles. The number of fused-ring (bicyclic) bond motifs is 1. The highest BCUT2D eigenvalue weighted by atomic mass is 32.1. The third-order valence-electron chi connectivity index (χ3n) is 3.66. The molecule has 6 nitrogen and oxygen atoms in total. The monoisotopic (exact) mass is 354 g/mol. The molecule has 2 aromatic heterocycles. The third kappa shape index (κ3) is 3.83. The summed E-state index contributed by atoms with van der Waals surface area (Å²) in [7, 11) is 0. The summed E-state index contributed by atoms with van der Waals surface area (Å²) in [6.45, 7) is 5.57. The van der Waals surface area contributed by atoms with Gasteiger partial charge < -0.3 is 15.1 Å². The van der Waals surface area contributed by atoms with E-state index in [1.165, 1.54) is 0 Å². The number of rotatable bonds is 3. The first-order valence-corrected chi connectivity index (χ1v) is 8.29. The van der Waals surface area contributed by atoms with Crippen LogP contribution in [0.5, 0.6) is 0 Å². The van der Waals surface area contributed by atoms with Crippen molar-refractivity contribution in [3.05, 3.63) is 42.1 Å². The average Bonchev–Trinajstić information content (AvgIpc) is 3.00. The Bertz CT molecular complexity index is 916. The van der Waals surface area contributed by atoms with Crippen LogP contribution in [0.1, 0.15) is 19.4 Å². The number of carbonyl (C=O) groups excluding carboxylic acids is 1. The molecule has 0 saturated heterocycles. The van der Waals surface area contributed by atoms with Crippen LogP contribution >= 0.6 is 12.2 Å². The van der Waals surface area contributed by atoms with Crippen molar-refractivity contribution >= 4 is 40.2 Å². The van der Waals surface area contributed by atoms with E-state index in [-0.39, 0.29) is 16.9 Å². The molecular weight excluding hydrogens is 336 g/mol. The lowest BCUT2D eigenvalue weighted by atomic mass is 10.1. The number of anilines is 1. The molecular formula is C18H18N4O2S. The normalized spacial score (nSPS) is 10.9. The van der Waals surface area contributed by atoms with E-state index in [0.717, 1.165) is 16.8 Å². The Balaban J connectivity index is 1.85. The molecule has 0 aliphatic heterocycles. The van der Waals surface area contributed by atoms with Crippen LogP contribution in [0.4, 0.5) is 5.69 Å². The standard InChI is InChI=1S/C18H18N4O2S/c1-10(2)16(23)22-18(25)20-13-9-12(7-6-11(13)3)17-21-15-14(24-17)5-4-8-19-15/h4-10H,1-3H3,(H2,20,22,23,25). The van der Waals surface area contributed by atoms with Crippen LogP contribution in [0, 0.1) is 12.8 Å². The van der Waals surface area contributed by atoms with Crippen molar-refractivity contribution in [2.24, 2.45) is 5.92 Å². The van der Waals surface area contributed by atoms with Crippen LogP contribution in [-0.4, -0.2) is 21.0 Å². The Labute approximate surface area is 150 Å². The molecule has 3 rings (SSSR count). The second-order valence-corrected chi connectivity index (χ2v) is 6.38. The summed E-state index contributed by atoms with van der Waals surface area (Å²) in [6, 6.07) is 9.36. The van der Waals surface area contributed by atoms with Gasteiger partial charge in [-0.2, -0.15) is 4.98 Å². The largest absolute Gasteiger partial charge is 0.434 e. The fraction of sp³-hybridized carbons (Fsp3) is 0.222. The number of amides is 1. The van der Waals surface area contributed by atoms with Gasteiger partial charge in [-0.3, -0.25) is 4.79 Å². The minimum absolute atomic E-state index is 0.128. The molecule has 2 heterocycles. The molecule has 2 N–H and O–H groups in total. The van der Waals surface area contributed by atoms with Gasteiger partial charge >= 0.3 is 0 Å². The number of aromatic nitrogens is 2. The van der Waals surface area contributed by atoms with E-state index in [1.807, 2.05) is 45.0 Å². The summed E-state index contributed by atoms with van der Waals surface area (Å²) in [5, 5.41) is 5.98. The Morgan fingerprint density at radius 3 is 2.80 bits per heavy atom. The van der Waals surface area contributed by atoms with Crippen LogP contribution in [0.2, 0.25) is 0 Å². The number of aryl methyl sites for hydroxylation is 1. The molecule has 3 aromatic rings. The van der Waals surface area contributed by atoms with Crippen molar-refractivity contribution in [2.45, 2.75) is 20.8 Å². The number of thiocarbonyl (C=S) groups is 1. The summed E-state index contributed by atoms with van der Waals surface area (Å²) in [5.41, 5.74) is 3.75. The van der Waals surface area contributed by atoms with Gasteiger partial charge in [0.1, 0.15) is 0 Å². The summed E-state index contributed by atoms with van der Waals surface area (Å²) < 4.78 is 5.75. The lowest BCUT2D eigenvalue weighted by Crippen LogP contribution is -2.36. The van der Waals surface area contributed by atoms with Crippen LogP contribution in [0.25, 0.3) is 22.7 Å². The average molecular weight is 354 g/mol. The van der Waals surface area contributed by atoms with Gasteiger partial charge in [0.05, 0.1) is 0 Å². The van der Waals surface area contributed by atoms with E-state index >= 15 is 0 Å². The van der Waals surface area contributed by atoms with Gasteiger partial charge in [0.15, 0.2) is 16.3 Å². The maximum absolute atomic E-state index is 11.7.